The highest BCUT2D eigenvalue weighted by atomic mass is 19.1. The molecule has 1 aromatic heterocycles. The number of hydrogen-bond acceptors (Lipinski definition) is 4. The molecule has 0 spiro atoms. The van der Waals surface area contributed by atoms with Gasteiger partial charge in [-0.1, -0.05) is 0 Å². The van der Waals surface area contributed by atoms with Gasteiger partial charge in [-0.05, 0) is 62.1 Å². The fourth-order valence-electron chi connectivity index (χ4n) is 3.56. The van der Waals surface area contributed by atoms with Crippen LogP contribution in [0.25, 0.3) is 22.6 Å². The first-order valence-electron chi connectivity index (χ1n) is 9.45. The van der Waals surface area contributed by atoms with Crippen molar-refractivity contribution in [1.82, 2.24) is 10.3 Å². The zero-order valence-electron chi connectivity index (χ0n) is 15.5. The quantitative estimate of drug-likeness (QED) is 0.605. The Morgan fingerprint density at radius 3 is 2.48 bits per heavy atom. The van der Waals surface area contributed by atoms with Gasteiger partial charge in [0.25, 0.3) is 0 Å². The molecule has 0 radical (unpaired) electrons. The number of urea groups is 1. The minimum absolute atomic E-state index is 0.0373. The molecule has 0 saturated heterocycles. The van der Waals surface area contributed by atoms with Crippen LogP contribution in [0, 0.1) is 11.7 Å². The van der Waals surface area contributed by atoms with Gasteiger partial charge in [0.05, 0.1) is 5.92 Å². The van der Waals surface area contributed by atoms with Crippen molar-refractivity contribution >= 4 is 28.8 Å². The second-order valence-corrected chi connectivity index (χ2v) is 7.19. The summed E-state index contributed by atoms with van der Waals surface area (Å²) < 4.78 is 18.8. The van der Waals surface area contributed by atoms with E-state index >= 15 is 0 Å². The fourth-order valence-corrected chi connectivity index (χ4v) is 3.56. The molecular weight excluding hydrogens is 377 g/mol. The second kappa shape index (κ2) is 7.90. The van der Waals surface area contributed by atoms with Gasteiger partial charge in [0.15, 0.2) is 5.58 Å². The van der Waals surface area contributed by atoms with Gasteiger partial charge in [-0.3, -0.25) is 4.79 Å². The van der Waals surface area contributed by atoms with Crippen LogP contribution in [0.5, 0.6) is 0 Å². The zero-order chi connectivity index (χ0) is 20.4. The number of carboxylic acids is 1. The first-order chi connectivity index (χ1) is 14.0. The highest BCUT2D eigenvalue weighted by Gasteiger charge is 2.26. The molecule has 1 fully saturated rings. The number of aliphatic carboxylic acids is 1. The van der Waals surface area contributed by atoms with Crippen LogP contribution in [0.1, 0.15) is 25.7 Å². The van der Waals surface area contributed by atoms with Gasteiger partial charge in [-0.15, -0.1) is 0 Å². The molecule has 2 aromatic carbocycles. The smallest absolute Gasteiger partial charge is 0.319 e. The molecule has 1 heterocycles. The number of aromatic nitrogens is 1. The second-order valence-electron chi connectivity index (χ2n) is 7.19. The van der Waals surface area contributed by atoms with E-state index in [2.05, 4.69) is 15.6 Å². The predicted octanol–water partition coefficient (Wildman–Crippen LogP) is 4.40. The number of benzene rings is 2. The summed E-state index contributed by atoms with van der Waals surface area (Å²) in [6.07, 6.45) is 2.42. The van der Waals surface area contributed by atoms with Gasteiger partial charge in [0.2, 0.25) is 5.89 Å². The lowest BCUT2D eigenvalue weighted by molar-refractivity contribution is -0.142. The average molecular weight is 397 g/mol. The number of carbonyl (C=O) groups excluding carboxylic acids is 1. The summed E-state index contributed by atoms with van der Waals surface area (Å²) in [6.45, 7) is 0. The number of anilines is 1. The molecule has 0 atom stereocenters. The summed E-state index contributed by atoms with van der Waals surface area (Å²) in [4.78, 5) is 27.7. The number of carbonyl (C=O) groups is 2. The predicted molar refractivity (Wildman–Crippen MR) is 105 cm³/mol. The third-order valence-corrected chi connectivity index (χ3v) is 5.15. The molecule has 4 rings (SSSR count). The van der Waals surface area contributed by atoms with Crippen molar-refractivity contribution in [3.05, 3.63) is 48.3 Å². The number of hydrogen-bond donors (Lipinski definition) is 3. The van der Waals surface area contributed by atoms with Crippen molar-refractivity contribution in [2.24, 2.45) is 5.92 Å². The van der Waals surface area contributed by atoms with Gasteiger partial charge in [0, 0.05) is 23.4 Å². The van der Waals surface area contributed by atoms with E-state index in [1.165, 1.54) is 12.1 Å². The summed E-state index contributed by atoms with van der Waals surface area (Å²) in [5, 5.41) is 14.7. The molecule has 0 bridgehead atoms. The van der Waals surface area contributed by atoms with Crippen LogP contribution >= 0.6 is 0 Å². The van der Waals surface area contributed by atoms with E-state index in [1.54, 1.807) is 30.3 Å². The number of amides is 2. The van der Waals surface area contributed by atoms with Gasteiger partial charge in [-0.2, -0.15) is 0 Å². The van der Waals surface area contributed by atoms with Gasteiger partial charge in [0.1, 0.15) is 11.3 Å². The Labute approximate surface area is 165 Å². The number of nitrogens with zero attached hydrogens (tertiary/aromatic N) is 1. The van der Waals surface area contributed by atoms with Crippen molar-refractivity contribution in [2.75, 3.05) is 5.32 Å². The van der Waals surface area contributed by atoms with Crippen LogP contribution in [0.2, 0.25) is 0 Å². The molecule has 150 valence electrons. The van der Waals surface area contributed by atoms with E-state index in [-0.39, 0.29) is 23.8 Å². The van der Waals surface area contributed by atoms with Crippen LogP contribution in [0.15, 0.2) is 46.9 Å². The van der Waals surface area contributed by atoms with Crippen LogP contribution in [0.4, 0.5) is 14.9 Å². The lowest BCUT2D eigenvalue weighted by Crippen LogP contribution is -2.40. The first kappa shape index (κ1) is 18.9. The number of nitrogens with one attached hydrogen (secondary N) is 2. The first-order valence-corrected chi connectivity index (χ1v) is 9.45. The van der Waals surface area contributed by atoms with Crippen LogP contribution < -0.4 is 10.6 Å². The number of carboxylic acid groups (broad SMARTS) is 1. The molecule has 1 aliphatic rings. The summed E-state index contributed by atoms with van der Waals surface area (Å²) in [6, 6.07) is 10.6. The Balaban J connectivity index is 1.40. The molecule has 8 heteroatoms. The molecule has 1 saturated carbocycles. The number of fused-ring (bicyclic) bond motifs is 1. The molecule has 29 heavy (non-hydrogen) atoms. The minimum Gasteiger partial charge on any atom is -0.481 e. The summed E-state index contributed by atoms with van der Waals surface area (Å²) in [7, 11) is 0. The molecule has 1 aliphatic carbocycles. The number of oxazole rings is 1. The Bertz CT molecular complexity index is 1040. The average Bonchev–Trinajstić information content (AvgIpc) is 3.12. The highest BCUT2D eigenvalue weighted by Crippen LogP contribution is 2.27. The van der Waals surface area contributed by atoms with Crippen molar-refractivity contribution in [3.63, 3.8) is 0 Å². The maximum Gasteiger partial charge on any atom is 0.319 e. The van der Waals surface area contributed by atoms with E-state index in [9.17, 15) is 14.0 Å². The van der Waals surface area contributed by atoms with Crippen LogP contribution in [-0.2, 0) is 4.79 Å². The Morgan fingerprint density at radius 1 is 1.07 bits per heavy atom. The van der Waals surface area contributed by atoms with Gasteiger partial charge >= 0.3 is 12.0 Å². The minimum atomic E-state index is -0.770. The monoisotopic (exact) mass is 397 g/mol. The van der Waals surface area contributed by atoms with E-state index < -0.39 is 5.97 Å². The van der Waals surface area contributed by atoms with Crippen molar-refractivity contribution in [2.45, 2.75) is 31.7 Å². The molecule has 3 aromatic rings. The molecule has 3 N–H and O–H groups in total. The van der Waals surface area contributed by atoms with Crippen molar-refractivity contribution < 1.29 is 23.5 Å². The summed E-state index contributed by atoms with van der Waals surface area (Å²) >= 11 is 0. The summed E-state index contributed by atoms with van der Waals surface area (Å²) in [5.74, 6) is -1.05. The standard InChI is InChI=1S/C21H20FN3O4/c22-14-5-1-12(2-6-14)19-25-17-10-9-16(11-18(17)29-19)24-21(28)23-15-7-3-13(4-8-15)20(26)27/h1-2,5-6,9-11,13,15H,3-4,7-8H2,(H,26,27)(H2,23,24,28). The lowest BCUT2D eigenvalue weighted by atomic mass is 9.86. The molecule has 7 nitrogen and oxygen atoms in total. The number of rotatable bonds is 4. The molecule has 0 aliphatic heterocycles. The highest BCUT2D eigenvalue weighted by molar-refractivity contribution is 5.92. The Kier molecular flexibility index (Phi) is 5.16. The van der Waals surface area contributed by atoms with Crippen LogP contribution in [-0.4, -0.2) is 28.1 Å². The van der Waals surface area contributed by atoms with Gasteiger partial charge in [-0.25, -0.2) is 14.2 Å². The molecule has 2 amide bonds. The lowest BCUT2D eigenvalue weighted by Gasteiger charge is -2.26. The van der Waals surface area contributed by atoms with E-state index in [0.717, 1.165) is 0 Å². The van der Waals surface area contributed by atoms with Crippen molar-refractivity contribution in [3.8, 4) is 11.5 Å². The normalized spacial score (nSPS) is 19.1. The molecule has 0 unspecified atom stereocenters. The Morgan fingerprint density at radius 2 is 1.79 bits per heavy atom. The maximum absolute atomic E-state index is 13.1. The van der Waals surface area contributed by atoms with Crippen molar-refractivity contribution in [1.29, 1.82) is 0 Å². The SMILES string of the molecule is O=C(Nc1ccc2nc(-c3ccc(F)cc3)oc2c1)NC1CCC(C(=O)O)CC1. The maximum atomic E-state index is 13.1. The topological polar surface area (TPSA) is 104 Å². The third kappa shape index (κ3) is 4.37. The third-order valence-electron chi connectivity index (χ3n) is 5.15. The number of halogens is 1. The zero-order valence-corrected chi connectivity index (χ0v) is 15.5. The largest absolute Gasteiger partial charge is 0.481 e. The van der Waals surface area contributed by atoms with Crippen LogP contribution in [0.3, 0.4) is 0 Å². The van der Waals surface area contributed by atoms with E-state index in [0.29, 0.717) is 53.9 Å². The fraction of sp³-hybridized carbons (Fsp3) is 0.286. The van der Waals surface area contributed by atoms with E-state index in [4.69, 9.17) is 9.52 Å². The summed E-state index contributed by atoms with van der Waals surface area (Å²) in [5.41, 5.74) is 2.34. The Hall–Kier alpha value is -3.42. The van der Waals surface area contributed by atoms with Gasteiger partial charge < -0.3 is 20.2 Å². The van der Waals surface area contributed by atoms with E-state index in [1.807, 2.05) is 0 Å². The molecular formula is C21H20FN3O4.